The summed E-state index contributed by atoms with van der Waals surface area (Å²) >= 11 is 0. The molecule has 0 bridgehead atoms. The van der Waals surface area contributed by atoms with E-state index in [0.29, 0.717) is 0 Å². The molecule has 0 saturated carbocycles. The van der Waals surface area contributed by atoms with Gasteiger partial charge in [-0.2, -0.15) is 0 Å². The Labute approximate surface area is 496 Å². The third-order valence-electron chi connectivity index (χ3n) is 0.577. The summed E-state index contributed by atoms with van der Waals surface area (Å²) in [6, 6.07) is 0. The summed E-state index contributed by atoms with van der Waals surface area (Å²) in [4.78, 5) is 0. The van der Waals surface area contributed by atoms with Crippen LogP contribution >= 0.6 is 0 Å². The Hall–Kier alpha value is 11.7. The molecule has 0 atom stereocenters. The van der Waals surface area contributed by atoms with Gasteiger partial charge >= 0.3 is 369 Å². The largest absolute Gasteiger partial charge is 1.00 e. The molecule has 0 aliphatic rings. The van der Waals surface area contributed by atoms with E-state index in [1.807, 2.05) is 0 Å². The van der Waals surface area contributed by atoms with Gasteiger partial charge in [0.25, 0.3) is 0 Å². The summed E-state index contributed by atoms with van der Waals surface area (Å²) in [7, 11) is -9.81. The van der Waals surface area contributed by atoms with E-state index in [2.05, 4.69) is 14.0 Å². The molecule has 39 heavy (non-hydrogen) atoms. The van der Waals surface area contributed by atoms with Gasteiger partial charge in [-0.05, 0) is 0 Å². The molecule has 0 spiro atoms. The summed E-state index contributed by atoms with van der Waals surface area (Å²) in [5, 5.41) is 123. The fourth-order valence-electron chi connectivity index (χ4n) is 0.289. The van der Waals surface area contributed by atoms with E-state index < -0.39 is 43.9 Å². The van der Waals surface area contributed by atoms with Crippen LogP contribution in [-0.2, 0) is 14.0 Å². The molecule has 18 nitrogen and oxygen atoms in total. The molecule has 0 saturated heterocycles. The normalized spacial score (nSPS) is 5.08. The second kappa shape index (κ2) is 110. The van der Waals surface area contributed by atoms with Crippen molar-refractivity contribution >= 4 is 43.9 Å². The van der Waals surface area contributed by atoms with Gasteiger partial charge < -0.3 is 89.3 Å². The van der Waals surface area contributed by atoms with Crippen molar-refractivity contribution in [2.45, 2.75) is 0 Å². The molecule has 0 aromatic carbocycles. The molecule has 0 aliphatic carbocycles. The van der Waals surface area contributed by atoms with Crippen molar-refractivity contribution in [3.63, 3.8) is 0 Å². The van der Waals surface area contributed by atoms with Gasteiger partial charge in [0, 0.05) is 21.3 Å². The van der Waals surface area contributed by atoms with Crippen LogP contribution in [-0.4, -0.2) is 80.3 Å². The van der Waals surface area contributed by atoms with Crippen molar-refractivity contribution in [2.75, 3.05) is 21.3 Å². The van der Waals surface area contributed by atoms with Gasteiger partial charge in [0.05, 0.1) is 0 Å². The van der Waals surface area contributed by atoms with Crippen LogP contribution in [0.15, 0.2) is 0 Å². The van der Waals surface area contributed by atoms with Gasteiger partial charge in [-0.25, -0.2) is 0 Å². The minimum absolute atomic E-state index is 0. The monoisotopic (exact) mass is 678 g/mol. The van der Waals surface area contributed by atoms with Crippen LogP contribution in [0.4, 0.5) is 0 Å². The van der Waals surface area contributed by atoms with Gasteiger partial charge in [-0.3, -0.25) is 29.3 Å². The number of hydrogen-bond donors (Lipinski definition) is 3. The smallest absolute Gasteiger partial charge is 0.907 e. The molecule has 0 fully saturated rings. The molecule has 0 aliphatic heterocycles. The van der Waals surface area contributed by atoms with Crippen molar-refractivity contribution in [1.82, 2.24) is 0 Å². The zero-order valence-electron chi connectivity index (χ0n) is 25.9. The zero-order chi connectivity index (χ0) is 23.6. The second-order valence-electron chi connectivity index (χ2n) is 2.50. The van der Waals surface area contributed by atoms with Crippen LogP contribution in [0.2, 0.25) is 0 Å². The van der Waals surface area contributed by atoms with Crippen LogP contribution in [0.25, 0.3) is 0 Å². The minimum atomic E-state index is -2.92. The summed E-state index contributed by atoms with van der Waals surface area (Å²) in [6.45, 7) is 0. The molecular weight excluding hydrogens is 665 g/mol. The van der Waals surface area contributed by atoms with Gasteiger partial charge in [-0.15, -0.1) is 0 Å². The predicted octanol–water partition coefficient (Wildman–Crippen LogP) is -53.9. The van der Waals surface area contributed by atoms with Gasteiger partial charge in [0.1, 0.15) is 0 Å². The van der Waals surface area contributed by atoms with Crippen LogP contribution in [0.5, 0.6) is 0 Å². The minimum Gasteiger partial charge on any atom is -0.907 e. The van der Waals surface area contributed by atoms with Crippen molar-refractivity contribution < 1.29 is 444 Å². The Morgan fingerprint density at radius 2 is 0.385 bits per heavy atom. The van der Waals surface area contributed by atoms with Gasteiger partial charge in [0.15, 0.2) is 0 Å². The van der Waals surface area contributed by atoms with E-state index in [1.54, 1.807) is 0 Å². The molecule has 0 unspecified atom stereocenters. The first kappa shape index (κ1) is 117. The van der Waals surface area contributed by atoms with Crippen LogP contribution in [0.3, 0.4) is 0 Å². The zero-order valence-corrected chi connectivity index (χ0v) is 49.9. The van der Waals surface area contributed by atoms with Crippen molar-refractivity contribution in [3.05, 3.63) is 0 Å². The van der Waals surface area contributed by atoms with E-state index in [-0.39, 0.29) is 355 Å². The number of rotatable bonds is 3. The Kier molecular flexibility index (Phi) is 331. The first-order valence-electron chi connectivity index (χ1n) is 5.53. The Morgan fingerprint density at radius 1 is 0.333 bits per heavy atom. The molecule has 36 heteroatoms. The maximum absolute atomic E-state index is 8.42. The average Bonchev–Trinajstić information content (AvgIpc) is 2.37. The van der Waals surface area contributed by atoms with Crippen molar-refractivity contribution in [2.24, 2.45) is 0 Å². The van der Waals surface area contributed by atoms with E-state index in [9.17, 15) is 0 Å². The van der Waals surface area contributed by atoms with E-state index in [4.69, 9.17) is 75.4 Å². The molecule has 0 rings (SSSR count). The van der Waals surface area contributed by atoms with Gasteiger partial charge in [-0.1, -0.05) is 0 Å². The topological polar surface area (TPSA) is 365 Å². The third-order valence-corrected chi connectivity index (χ3v) is 0.577. The summed E-state index contributed by atoms with van der Waals surface area (Å²) < 4.78 is 13.8. The average molecular weight is 677 g/mol. The fraction of sp³-hybridized carbons (Fsp3) is 1.00. The number of hydrogen-bond acceptors (Lipinski definition) is 18. The third kappa shape index (κ3) is 362. The molecule has 0 amide bonds. The second-order valence-corrected chi connectivity index (χ2v) is 2.50. The van der Waals surface area contributed by atoms with Crippen molar-refractivity contribution in [3.8, 4) is 0 Å². The first-order chi connectivity index (χ1) is 12.0. The molecule has 0 aromatic rings. The Balaban J connectivity index is -0.00000000809. The Morgan fingerprint density at radius 3 is 0.385 bits per heavy atom. The van der Waals surface area contributed by atoms with Crippen LogP contribution in [0.1, 0.15) is 0 Å². The maximum atomic E-state index is 8.42. The molecule has 3 N–H and O–H groups in total. The van der Waals surface area contributed by atoms with E-state index >= 15 is 0 Å². The summed E-state index contributed by atoms with van der Waals surface area (Å²) in [5.74, 6) is 0. The first-order valence-corrected chi connectivity index (χ1v) is 5.53. The summed E-state index contributed by atoms with van der Waals surface area (Å²) in [6.07, 6.45) is 0. The van der Waals surface area contributed by atoms with E-state index in [1.165, 1.54) is 21.3 Å². The van der Waals surface area contributed by atoms with Gasteiger partial charge in [0.2, 0.25) is 0 Å². The molecule has 162 valence electrons. The van der Waals surface area contributed by atoms with Crippen LogP contribution < -0.4 is 415 Å². The fourth-order valence-corrected chi connectivity index (χ4v) is 0.289. The van der Waals surface area contributed by atoms with Crippen LogP contribution in [0, 0.1) is 0 Å². The standard InChI is InChI=1S/C3H9BO3.BH3O3.4BO3.12Na/c1-5-4(6-2)7-3;5*2-1(3)4;;;;;;;;;;;;/h1-3H3;2-4H;;;;;;;;;;;;;;;;/q;;4*-3;12*+1. The maximum Gasteiger partial charge on any atom is 1.00 e. The Bertz CT molecular complexity index is 184. The molecule has 0 heterocycles. The summed E-state index contributed by atoms with van der Waals surface area (Å²) in [5.41, 5.74) is 0. The predicted molar refractivity (Wildman–Crippen MR) is 62.2 cm³/mol. The SMILES string of the molecule is COB(OC)OC.OB(O)O.[Na+].[Na+].[Na+].[Na+].[Na+].[Na+].[Na+].[Na+].[Na+].[Na+].[Na+].[Na+].[O-]B([O-])[O-].[O-]B([O-])[O-].[O-]B([O-])[O-].[O-]B([O-])[O-]. The van der Waals surface area contributed by atoms with E-state index in [0.717, 1.165) is 0 Å². The molecule has 0 radical (unpaired) electrons. The van der Waals surface area contributed by atoms with Crippen molar-refractivity contribution in [1.29, 1.82) is 0 Å². The quantitative estimate of drug-likeness (QED) is 0.233. The molecular formula is C3H12B6Na12O18. The molecule has 0 aromatic heterocycles.